The second kappa shape index (κ2) is 8.15. The van der Waals surface area contributed by atoms with Crippen LogP contribution < -0.4 is 15.5 Å². The van der Waals surface area contributed by atoms with Gasteiger partial charge >= 0.3 is 0 Å². The van der Waals surface area contributed by atoms with Crippen molar-refractivity contribution in [2.24, 2.45) is 5.92 Å². The van der Waals surface area contributed by atoms with Crippen LogP contribution in [0.2, 0.25) is 0 Å². The van der Waals surface area contributed by atoms with Crippen LogP contribution in [0.25, 0.3) is 5.69 Å². The molecule has 2 aliphatic rings. The number of ketones is 1. The van der Waals surface area contributed by atoms with E-state index in [1.54, 1.807) is 23.9 Å². The average molecular weight is 468 g/mol. The topological polar surface area (TPSA) is 118 Å². The number of carbonyl (C=O) groups is 2. The fraction of sp³-hybridized carbons (Fsp3) is 0.391. The predicted molar refractivity (Wildman–Crippen MR) is 124 cm³/mol. The van der Waals surface area contributed by atoms with Gasteiger partial charge in [-0.25, -0.2) is 24.0 Å². The van der Waals surface area contributed by atoms with Crippen LogP contribution in [-0.4, -0.2) is 49.6 Å². The first-order chi connectivity index (χ1) is 17.4. The highest BCUT2D eigenvalue weighted by atomic mass is 19.1. The van der Waals surface area contributed by atoms with Gasteiger partial charge in [-0.15, -0.1) is 0 Å². The summed E-state index contributed by atoms with van der Waals surface area (Å²) in [5.74, 6) is -0.0369. The minimum atomic E-state index is -2.48. The van der Waals surface area contributed by atoms with Crippen LogP contribution in [0.15, 0.2) is 24.5 Å². The lowest BCUT2D eigenvalue weighted by Crippen LogP contribution is -2.31. The first kappa shape index (κ1) is 18.5. The van der Waals surface area contributed by atoms with Gasteiger partial charge in [-0.1, -0.05) is 6.85 Å². The molecule has 4 heterocycles. The van der Waals surface area contributed by atoms with E-state index in [4.69, 9.17) is 4.11 Å². The number of fused-ring (bicyclic) bond motifs is 3. The number of hydrogen-bond acceptors (Lipinski definition) is 8. The molecule has 5 rings (SSSR count). The summed E-state index contributed by atoms with van der Waals surface area (Å²) in [5, 5.41) is 10.2. The number of carbonyl (C=O) groups excluding carboxylic acids is 2. The molecule has 1 fully saturated rings. The quantitative estimate of drug-likeness (QED) is 0.529. The third-order valence-corrected chi connectivity index (χ3v) is 6.10. The highest BCUT2D eigenvalue weighted by Gasteiger charge is 2.43. The number of alkyl halides is 1. The minimum absolute atomic E-state index is 0.0205. The van der Waals surface area contributed by atoms with Gasteiger partial charge < -0.3 is 15.5 Å². The molecule has 0 bridgehead atoms. The first-order valence-electron chi connectivity index (χ1n) is 12.3. The number of Topliss-reactive ketones (excluding diaryl/α,β-unsaturated/α-hetero) is 1. The Labute approximate surface area is 199 Å². The van der Waals surface area contributed by atoms with Crippen molar-refractivity contribution in [1.29, 1.82) is 0 Å². The largest absolute Gasteiger partial charge is 0.360 e. The molecule has 1 saturated carbocycles. The van der Waals surface area contributed by atoms with E-state index in [0.29, 0.717) is 17.3 Å². The SMILES string of the molecule is [2H]C([2H])([2H])CC(=O)c1cnc(NC(=O)[C@H]2C[C@H]2F)cc1Nc1nccc2c1N(C)[C@@H](C)c1nc(C)nn1-2. The highest BCUT2D eigenvalue weighted by molar-refractivity contribution is 6.03. The molecule has 3 atom stereocenters. The van der Waals surface area contributed by atoms with E-state index in [0.717, 1.165) is 11.5 Å². The number of anilines is 4. The lowest BCUT2D eigenvalue weighted by Gasteiger charge is -2.34. The Kier molecular flexibility index (Phi) is 4.44. The van der Waals surface area contributed by atoms with E-state index < -0.39 is 37.1 Å². The Balaban J connectivity index is 1.55. The Morgan fingerprint density at radius 3 is 2.88 bits per heavy atom. The van der Waals surface area contributed by atoms with Gasteiger partial charge in [-0.2, -0.15) is 5.10 Å². The van der Waals surface area contributed by atoms with Gasteiger partial charge in [0.25, 0.3) is 0 Å². The van der Waals surface area contributed by atoms with Crippen molar-refractivity contribution in [2.75, 3.05) is 22.6 Å². The molecular formula is C23H25FN8O2. The molecule has 2 N–H and O–H groups in total. The van der Waals surface area contributed by atoms with Gasteiger partial charge in [0.2, 0.25) is 5.91 Å². The van der Waals surface area contributed by atoms with Crippen molar-refractivity contribution in [3.63, 3.8) is 0 Å². The molecule has 1 amide bonds. The molecule has 176 valence electrons. The van der Waals surface area contributed by atoms with E-state index >= 15 is 0 Å². The number of nitrogens with zero attached hydrogens (tertiary/aromatic N) is 6. The van der Waals surface area contributed by atoms with Crippen molar-refractivity contribution >= 4 is 34.7 Å². The maximum Gasteiger partial charge on any atom is 0.231 e. The van der Waals surface area contributed by atoms with Gasteiger partial charge in [0.05, 0.1) is 28.9 Å². The fourth-order valence-corrected chi connectivity index (χ4v) is 4.03. The number of nitrogens with one attached hydrogen (secondary N) is 2. The number of aryl methyl sites for hydroxylation is 1. The third-order valence-electron chi connectivity index (χ3n) is 6.10. The fourth-order valence-electron chi connectivity index (χ4n) is 4.03. The summed E-state index contributed by atoms with van der Waals surface area (Å²) < 4.78 is 37.6. The molecule has 0 saturated heterocycles. The monoisotopic (exact) mass is 467 g/mol. The molecule has 0 aromatic carbocycles. The number of amides is 1. The normalized spacial score (nSPS) is 22.1. The van der Waals surface area contributed by atoms with Gasteiger partial charge in [-0.3, -0.25) is 9.59 Å². The molecule has 0 spiro atoms. The minimum Gasteiger partial charge on any atom is -0.360 e. The molecule has 34 heavy (non-hydrogen) atoms. The summed E-state index contributed by atoms with van der Waals surface area (Å²) >= 11 is 0. The smallest absolute Gasteiger partial charge is 0.231 e. The third kappa shape index (κ3) is 3.66. The summed E-state index contributed by atoms with van der Waals surface area (Å²) in [6.45, 7) is 1.30. The van der Waals surface area contributed by atoms with Crippen molar-refractivity contribution in [3.05, 3.63) is 41.7 Å². The number of rotatable bonds is 6. The van der Waals surface area contributed by atoms with Gasteiger partial charge in [0.1, 0.15) is 23.5 Å². The first-order valence-corrected chi connectivity index (χ1v) is 10.8. The Morgan fingerprint density at radius 2 is 2.15 bits per heavy atom. The lowest BCUT2D eigenvalue weighted by atomic mass is 10.1. The zero-order valence-corrected chi connectivity index (χ0v) is 18.8. The Bertz CT molecular complexity index is 1410. The molecule has 3 aromatic heterocycles. The van der Waals surface area contributed by atoms with Crippen LogP contribution in [0.5, 0.6) is 0 Å². The Morgan fingerprint density at radius 1 is 1.35 bits per heavy atom. The molecule has 10 nitrogen and oxygen atoms in total. The summed E-state index contributed by atoms with van der Waals surface area (Å²) in [4.78, 5) is 40.2. The molecule has 1 aliphatic heterocycles. The molecule has 11 heteroatoms. The zero-order valence-electron chi connectivity index (χ0n) is 21.8. The van der Waals surface area contributed by atoms with Crippen LogP contribution in [0, 0.1) is 12.8 Å². The molecule has 0 radical (unpaired) electrons. The highest BCUT2D eigenvalue weighted by Crippen LogP contribution is 2.41. The summed E-state index contributed by atoms with van der Waals surface area (Å²) in [7, 11) is 1.88. The molecule has 3 aromatic rings. The summed E-state index contributed by atoms with van der Waals surface area (Å²) in [5.41, 5.74) is 1.62. The van der Waals surface area contributed by atoms with Crippen LogP contribution in [0.1, 0.15) is 58.8 Å². The zero-order chi connectivity index (χ0) is 26.6. The standard InChI is InChI=1S/C23H25FN8O2/c1-5-18(33)14-10-26-19(29-23(34)13-8-15(13)24)9-16(14)28-21-20-17(6-7-25-21)32-22(11(2)31(20)4)27-12(3)30-32/h6-7,9-11,13,15H,5,8H2,1-4H3,(H2,25,26,28,29,34)/t11-,13-,15+/m0/s1/i1D3. The molecule has 0 unspecified atom stereocenters. The predicted octanol–water partition coefficient (Wildman–Crippen LogP) is 3.51. The van der Waals surface area contributed by atoms with E-state index in [1.165, 1.54) is 12.3 Å². The van der Waals surface area contributed by atoms with Crippen LogP contribution in [-0.2, 0) is 4.79 Å². The Hall–Kier alpha value is -3.89. The van der Waals surface area contributed by atoms with Crippen molar-refractivity contribution in [2.45, 2.75) is 45.8 Å². The summed E-state index contributed by atoms with van der Waals surface area (Å²) in [6, 6.07) is 3.07. The maximum atomic E-state index is 13.3. The van der Waals surface area contributed by atoms with Crippen molar-refractivity contribution in [1.82, 2.24) is 24.7 Å². The number of aromatic nitrogens is 5. The lowest BCUT2D eigenvalue weighted by molar-refractivity contribution is -0.117. The van der Waals surface area contributed by atoms with Gasteiger partial charge in [0.15, 0.2) is 17.4 Å². The van der Waals surface area contributed by atoms with Gasteiger partial charge in [0, 0.05) is 36.0 Å². The maximum absolute atomic E-state index is 13.3. The van der Waals surface area contributed by atoms with E-state index in [-0.39, 0.29) is 29.5 Å². The van der Waals surface area contributed by atoms with Crippen LogP contribution in [0.4, 0.5) is 27.4 Å². The molecule has 1 aliphatic carbocycles. The second-order valence-electron chi connectivity index (χ2n) is 8.43. The van der Waals surface area contributed by atoms with E-state index in [2.05, 4.69) is 30.7 Å². The van der Waals surface area contributed by atoms with Gasteiger partial charge in [-0.05, 0) is 26.3 Å². The van der Waals surface area contributed by atoms with Crippen molar-refractivity contribution in [3.8, 4) is 5.69 Å². The van der Waals surface area contributed by atoms with Crippen LogP contribution >= 0.6 is 0 Å². The number of hydrogen-bond donors (Lipinski definition) is 2. The number of pyridine rings is 2. The average Bonchev–Trinajstić information content (AvgIpc) is 3.42. The second-order valence-corrected chi connectivity index (χ2v) is 8.43. The van der Waals surface area contributed by atoms with E-state index in [1.807, 2.05) is 18.9 Å². The molecular weight excluding hydrogens is 439 g/mol. The van der Waals surface area contributed by atoms with E-state index in [9.17, 15) is 14.0 Å². The van der Waals surface area contributed by atoms with Crippen LogP contribution in [0.3, 0.4) is 0 Å². The number of halogens is 1. The summed E-state index contributed by atoms with van der Waals surface area (Å²) in [6.07, 6.45) is 1.06. The van der Waals surface area contributed by atoms with Crippen molar-refractivity contribution < 1.29 is 18.1 Å².